The maximum absolute atomic E-state index is 8.47. The number of aliphatic imine (C=N–C) groups is 1. The molecule has 0 saturated heterocycles. The molecular formula is C24H16N4. The summed E-state index contributed by atoms with van der Waals surface area (Å²) in [5.74, 6) is 0. The van der Waals surface area contributed by atoms with Crippen LogP contribution in [0, 0.1) is 5.41 Å². The lowest BCUT2D eigenvalue weighted by Crippen LogP contribution is -2.16. The molecule has 4 heteroatoms. The van der Waals surface area contributed by atoms with E-state index in [1.165, 1.54) is 5.39 Å². The predicted octanol–water partition coefficient (Wildman–Crippen LogP) is 5.97. The van der Waals surface area contributed by atoms with Crippen LogP contribution in [0.15, 0.2) is 77.8 Å². The normalized spacial score (nSPS) is 15.1. The average Bonchev–Trinajstić information content (AvgIpc) is 3.28. The van der Waals surface area contributed by atoms with Crippen LogP contribution in [0.3, 0.4) is 0 Å². The first-order valence-corrected chi connectivity index (χ1v) is 9.25. The van der Waals surface area contributed by atoms with E-state index in [4.69, 9.17) is 10.4 Å². The number of aromatic amines is 2. The lowest BCUT2D eigenvalue weighted by molar-refractivity contribution is 1.40. The van der Waals surface area contributed by atoms with E-state index in [2.05, 4.69) is 46.4 Å². The Bertz CT molecular complexity index is 1480. The molecule has 0 aliphatic heterocycles. The molecule has 0 bridgehead atoms. The number of nitrogens with zero attached hydrogens (tertiary/aromatic N) is 1. The lowest BCUT2D eigenvalue weighted by Gasteiger charge is -2.11. The van der Waals surface area contributed by atoms with Gasteiger partial charge in [0, 0.05) is 44.0 Å². The zero-order valence-electron chi connectivity index (χ0n) is 15.0. The van der Waals surface area contributed by atoms with Crippen molar-refractivity contribution in [1.82, 2.24) is 9.97 Å². The Hall–Kier alpha value is -3.92. The molecule has 1 aliphatic rings. The molecule has 0 atom stereocenters. The summed E-state index contributed by atoms with van der Waals surface area (Å²) >= 11 is 0. The molecule has 132 valence electrons. The Kier molecular flexibility index (Phi) is 3.00. The number of rotatable bonds is 1. The first-order chi connectivity index (χ1) is 13.8. The van der Waals surface area contributed by atoms with Crippen LogP contribution < -0.4 is 0 Å². The van der Waals surface area contributed by atoms with Crippen LogP contribution >= 0.6 is 0 Å². The van der Waals surface area contributed by atoms with Crippen LogP contribution in [0.2, 0.25) is 0 Å². The average molecular weight is 360 g/mol. The lowest BCUT2D eigenvalue weighted by atomic mass is 9.97. The minimum atomic E-state index is 0.427. The van der Waals surface area contributed by atoms with Crippen LogP contribution in [0.1, 0.15) is 11.3 Å². The Balaban J connectivity index is 1.59. The third kappa shape index (κ3) is 2.12. The van der Waals surface area contributed by atoms with Gasteiger partial charge in [0.05, 0.1) is 17.1 Å². The molecule has 28 heavy (non-hydrogen) atoms. The van der Waals surface area contributed by atoms with Gasteiger partial charge in [0.2, 0.25) is 0 Å². The van der Waals surface area contributed by atoms with E-state index < -0.39 is 0 Å². The van der Waals surface area contributed by atoms with E-state index in [9.17, 15) is 0 Å². The monoisotopic (exact) mass is 360 g/mol. The summed E-state index contributed by atoms with van der Waals surface area (Å²) < 4.78 is 0. The Labute approximate surface area is 160 Å². The maximum atomic E-state index is 8.47. The number of fused-ring (bicyclic) bond motifs is 6. The molecule has 2 aromatic heterocycles. The van der Waals surface area contributed by atoms with Crippen molar-refractivity contribution in [2.75, 3.05) is 0 Å². The van der Waals surface area contributed by atoms with Crippen molar-refractivity contribution in [2.24, 2.45) is 4.99 Å². The van der Waals surface area contributed by atoms with Crippen LogP contribution in [0.5, 0.6) is 0 Å². The molecular weight excluding hydrogens is 344 g/mol. The highest BCUT2D eigenvalue weighted by molar-refractivity contribution is 6.55. The summed E-state index contributed by atoms with van der Waals surface area (Å²) in [5, 5.41) is 11.9. The van der Waals surface area contributed by atoms with Crippen molar-refractivity contribution in [3.63, 3.8) is 0 Å². The van der Waals surface area contributed by atoms with Crippen molar-refractivity contribution in [1.29, 1.82) is 5.41 Å². The van der Waals surface area contributed by atoms with Gasteiger partial charge in [-0.1, -0.05) is 36.4 Å². The molecule has 1 aliphatic carbocycles. The molecule has 0 spiro atoms. The van der Waals surface area contributed by atoms with Crippen molar-refractivity contribution >= 4 is 55.9 Å². The summed E-state index contributed by atoms with van der Waals surface area (Å²) in [6.07, 6.45) is 3.76. The van der Waals surface area contributed by atoms with Crippen molar-refractivity contribution in [3.05, 3.63) is 84.1 Å². The van der Waals surface area contributed by atoms with Gasteiger partial charge in [-0.3, -0.25) is 5.41 Å². The number of aromatic nitrogens is 2. The minimum Gasteiger partial charge on any atom is -0.355 e. The zero-order valence-corrected chi connectivity index (χ0v) is 15.0. The molecule has 2 heterocycles. The molecule has 5 aromatic rings. The third-order valence-corrected chi connectivity index (χ3v) is 5.37. The number of allylic oxidation sites excluding steroid dienone is 1. The number of nitrogens with one attached hydrogen (secondary N) is 3. The van der Waals surface area contributed by atoms with E-state index in [0.717, 1.165) is 44.3 Å². The third-order valence-electron chi connectivity index (χ3n) is 5.37. The van der Waals surface area contributed by atoms with Gasteiger partial charge < -0.3 is 9.97 Å². The molecule has 0 fully saturated rings. The fourth-order valence-corrected chi connectivity index (χ4v) is 4.07. The second-order valence-corrected chi connectivity index (χ2v) is 7.07. The SMILES string of the molecule is N=C1C=Cc2[nH]c3ccccc3c2C1=Nc1ccc2[nH]c3ccccc3c2c1. The van der Waals surface area contributed by atoms with Gasteiger partial charge in [-0.15, -0.1) is 0 Å². The number of hydrogen-bond acceptors (Lipinski definition) is 2. The summed E-state index contributed by atoms with van der Waals surface area (Å²) in [7, 11) is 0. The predicted molar refractivity (Wildman–Crippen MR) is 117 cm³/mol. The second kappa shape index (κ2) is 5.54. The molecule has 0 unspecified atom stereocenters. The largest absolute Gasteiger partial charge is 0.355 e. The minimum absolute atomic E-state index is 0.427. The zero-order chi connectivity index (χ0) is 18.7. The highest BCUT2D eigenvalue weighted by atomic mass is 14.8. The topological polar surface area (TPSA) is 67.8 Å². The van der Waals surface area contributed by atoms with Crippen LogP contribution in [0.25, 0.3) is 38.8 Å². The standard InChI is InChI=1S/C24H16N4/c25-18-10-12-22-23(16-6-2-4-8-20(16)28-22)24(18)26-14-9-11-21-17(13-14)15-5-1-3-7-19(15)27-21/h1-13,25,27-28H. The number of para-hydroxylation sites is 2. The summed E-state index contributed by atoms with van der Waals surface area (Å²) in [5.41, 5.74) is 7.26. The van der Waals surface area contributed by atoms with Crippen LogP contribution in [-0.4, -0.2) is 21.4 Å². The molecule has 6 rings (SSSR count). The summed E-state index contributed by atoms with van der Waals surface area (Å²) in [6, 6.07) is 22.6. The second-order valence-electron chi connectivity index (χ2n) is 7.07. The van der Waals surface area contributed by atoms with E-state index in [1.807, 2.05) is 36.4 Å². The van der Waals surface area contributed by atoms with Gasteiger partial charge in [0.1, 0.15) is 0 Å². The van der Waals surface area contributed by atoms with Gasteiger partial charge >= 0.3 is 0 Å². The highest BCUT2D eigenvalue weighted by Crippen LogP contribution is 2.32. The van der Waals surface area contributed by atoms with Crippen molar-refractivity contribution < 1.29 is 0 Å². The van der Waals surface area contributed by atoms with Gasteiger partial charge in [-0.05, 0) is 42.5 Å². The van der Waals surface area contributed by atoms with E-state index in [-0.39, 0.29) is 0 Å². The fourth-order valence-electron chi connectivity index (χ4n) is 4.07. The van der Waals surface area contributed by atoms with Gasteiger partial charge in [0.15, 0.2) is 0 Å². The quantitative estimate of drug-likeness (QED) is 0.330. The van der Waals surface area contributed by atoms with Crippen LogP contribution in [-0.2, 0) is 0 Å². The molecule has 4 nitrogen and oxygen atoms in total. The Morgan fingerprint density at radius 3 is 2.25 bits per heavy atom. The highest BCUT2D eigenvalue weighted by Gasteiger charge is 2.21. The summed E-state index contributed by atoms with van der Waals surface area (Å²) in [6.45, 7) is 0. The van der Waals surface area contributed by atoms with E-state index in [1.54, 1.807) is 6.08 Å². The van der Waals surface area contributed by atoms with Crippen molar-refractivity contribution in [2.45, 2.75) is 0 Å². The fraction of sp³-hybridized carbons (Fsp3) is 0. The molecule has 3 aromatic carbocycles. The van der Waals surface area contributed by atoms with E-state index >= 15 is 0 Å². The van der Waals surface area contributed by atoms with Gasteiger partial charge in [-0.25, -0.2) is 4.99 Å². The molecule has 0 radical (unpaired) electrons. The molecule has 0 amide bonds. The van der Waals surface area contributed by atoms with Crippen LogP contribution in [0.4, 0.5) is 5.69 Å². The van der Waals surface area contributed by atoms with Gasteiger partial charge in [0.25, 0.3) is 0 Å². The summed E-state index contributed by atoms with van der Waals surface area (Å²) in [4.78, 5) is 11.8. The number of benzene rings is 3. The molecule has 0 saturated carbocycles. The first-order valence-electron chi connectivity index (χ1n) is 9.25. The molecule has 3 N–H and O–H groups in total. The van der Waals surface area contributed by atoms with E-state index in [0.29, 0.717) is 11.4 Å². The number of H-pyrrole nitrogens is 2. The first kappa shape index (κ1) is 15.2. The Morgan fingerprint density at radius 1 is 0.679 bits per heavy atom. The maximum Gasteiger partial charge on any atom is 0.0986 e. The van der Waals surface area contributed by atoms with Gasteiger partial charge in [-0.2, -0.15) is 0 Å². The van der Waals surface area contributed by atoms with Crippen molar-refractivity contribution in [3.8, 4) is 0 Å². The smallest absolute Gasteiger partial charge is 0.0986 e. The number of hydrogen-bond donors (Lipinski definition) is 3. The Morgan fingerprint density at radius 2 is 1.39 bits per heavy atom.